The van der Waals surface area contributed by atoms with Crippen molar-refractivity contribution < 1.29 is 18.0 Å². The zero-order chi connectivity index (χ0) is 19.7. The summed E-state index contributed by atoms with van der Waals surface area (Å²) in [5, 5.41) is 8.94. The highest BCUT2D eigenvalue weighted by molar-refractivity contribution is 7.15. The second-order valence-corrected chi connectivity index (χ2v) is 6.84. The zero-order valence-corrected chi connectivity index (χ0v) is 15.1. The van der Waals surface area contributed by atoms with Crippen LogP contribution >= 0.6 is 11.3 Å². The molecule has 5 nitrogen and oxygen atoms in total. The SMILES string of the molecule is O=C(NCCc1csc2nc(-c3cccc(F)c3)nn12)c1ccc(F)c(F)c1. The van der Waals surface area contributed by atoms with Crippen LogP contribution in [0.2, 0.25) is 0 Å². The Morgan fingerprint density at radius 2 is 1.96 bits per heavy atom. The van der Waals surface area contributed by atoms with E-state index in [0.29, 0.717) is 22.8 Å². The number of carbonyl (C=O) groups excluding carboxylic acids is 1. The Bertz CT molecular complexity index is 1170. The molecule has 0 radical (unpaired) electrons. The summed E-state index contributed by atoms with van der Waals surface area (Å²) in [7, 11) is 0. The first-order valence-electron chi connectivity index (χ1n) is 8.33. The molecule has 0 aliphatic carbocycles. The summed E-state index contributed by atoms with van der Waals surface area (Å²) >= 11 is 1.38. The average Bonchev–Trinajstić information content (AvgIpc) is 3.25. The lowest BCUT2D eigenvalue weighted by Crippen LogP contribution is -2.26. The van der Waals surface area contributed by atoms with E-state index in [-0.39, 0.29) is 17.9 Å². The number of fused-ring (bicyclic) bond motifs is 1. The number of thiazole rings is 1. The molecule has 0 saturated heterocycles. The van der Waals surface area contributed by atoms with Gasteiger partial charge >= 0.3 is 0 Å². The molecule has 2 aromatic carbocycles. The minimum atomic E-state index is -1.07. The van der Waals surface area contributed by atoms with E-state index in [1.54, 1.807) is 16.6 Å². The van der Waals surface area contributed by atoms with Crippen LogP contribution in [0.15, 0.2) is 47.8 Å². The molecule has 0 spiro atoms. The number of halogens is 3. The fourth-order valence-corrected chi connectivity index (χ4v) is 3.55. The Morgan fingerprint density at radius 1 is 1.11 bits per heavy atom. The third kappa shape index (κ3) is 3.61. The average molecular weight is 402 g/mol. The minimum absolute atomic E-state index is 0.0449. The molecule has 2 heterocycles. The van der Waals surface area contributed by atoms with E-state index in [0.717, 1.165) is 17.8 Å². The van der Waals surface area contributed by atoms with E-state index in [1.165, 1.54) is 29.5 Å². The molecule has 0 aliphatic heterocycles. The van der Waals surface area contributed by atoms with Crippen molar-refractivity contribution in [2.75, 3.05) is 6.54 Å². The van der Waals surface area contributed by atoms with Crippen LogP contribution in [0.5, 0.6) is 0 Å². The van der Waals surface area contributed by atoms with Gasteiger partial charge in [-0.1, -0.05) is 12.1 Å². The lowest BCUT2D eigenvalue weighted by Gasteiger charge is -2.05. The number of hydrogen-bond acceptors (Lipinski definition) is 4. The van der Waals surface area contributed by atoms with Gasteiger partial charge in [0.05, 0.1) is 5.69 Å². The Hall–Kier alpha value is -3.20. The fourth-order valence-electron chi connectivity index (χ4n) is 2.69. The van der Waals surface area contributed by atoms with Crippen LogP contribution in [0.25, 0.3) is 16.3 Å². The molecule has 2 aromatic heterocycles. The molecular formula is C19H13F3N4OS. The third-order valence-electron chi connectivity index (χ3n) is 4.08. The lowest BCUT2D eigenvalue weighted by atomic mass is 10.2. The molecule has 142 valence electrons. The van der Waals surface area contributed by atoms with Crippen LogP contribution < -0.4 is 5.32 Å². The van der Waals surface area contributed by atoms with Gasteiger partial charge in [0.25, 0.3) is 5.91 Å². The summed E-state index contributed by atoms with van der Waals surface area (Å²) in [5.74, 6) is -2.52. The van der Waals surface area contributed by atoms with Gasteiger partial charge in [-0.3, -0.25) is 4.79 Å². The van der Waals surface area contributed by atoms with Crippen molar-refractivity contribution in [3.05, 3.63) is 76.6 Å². The molecule has 4 rings (SSSR count). The van der Waals surface area contributed by atoms with Gasteiger partial charge in [0, 0.05) is 29.5 Å². The first-order valence-corrected chi connectivity index (χ1v) is 9.21. The number of amides is 1. The fraction of sp³-hybridized carbons (Fsp3) is 0.105. The number of rotatable bonds is 5. The van der Waals surface area contributed by atoms with Crippen molar-refractivity contribution in [1.29, 1.82) is 0 Å². The van der Waals surface area contributed by atoms with Crippen molar-refractivity contribution in [2.24, 2.45) is 0 Å². The van der Waals surface area contributed by atoms with E-state index in [1.807, 2.05) is 5.38 Å². The van der Waals surface area contributed by atoms with Crippen molar-refractivity contribution in [1.82, 2.24) is 19.9 Å². The number of nitrogens with zero attached hydrogens (tertiary/aromatic N) is 3. The van der Waals surface area contributed by atoms with Crippen LogP contribution in [0.1, 0.15) is 16.1 Å². The zero-order valence-electron chi connectivity index (χ0n) is 14.3. The Balaban J connectivity index is 1.45. The maximum Gasteiger partial charge on any atom is 0.251 e. The Morgan fingerprint density at radius 3 is 2.75 bits per heavy atom. The van der Waals surface area contributed by atoms with Gasteiger partial charge in [-0.2, -0.15) is 4.98 Å². The Labute approximate surface area is 161 Å². The molecule has 1 amide bonds. The smallest absolute Gasteiger partial charge is 0.251 e. The Kier molecular flexibility index (Phi) is 4.82. The maximum atomic E-state index is 13.4. The first kappa shape index (κ1) is 18.2. The standard InChI is InChI=1S/C19H13F3N4OS/c20-13-3-1-2-11(8-13)17-24-19-26(25-17)14(10-28-19)6-7-23-18(27)12-4-5-15(21)16(22)9-12/h1-5,8-10H,6-7H2,(H,23,27). The predicted molar refractivity (Wildman–Crippen MR) is 98.7 cm³/mol. The third-order valence-corrected chi connectivity index (χ3v) is 4.95. The number of benzene rings is 2. The second-order valence-electron chi connectivity index (χ2n) is 6.00. The maximum absolute atomic E-state index is 13.4. The van der Waals surface area contributed by atoms with E-state index >= 15 is 0 Å². The molecule has 9 heteroatoms. The lowest BCUT2D eigenvalue weighted by molar-refractivity contribution is 0.0953. The molecule has 1 N–H and O–H groups in total. The topological polar surface area (TPSA) is 59.3 Å². The van der Waals surface area contributed by atoms with Gasteiger partial charge < -0.3 is 5.32 Å². The summed E-state index contributed by atoms with van der Waals surface area (Å²) in [6.45, 7) is 0.277. The highest BCUT2D eigenvalue weighted by Crippen LogP contribution is 2.21. The molecule has 4 aromatic rings. The van der Waals surface area contributed by atoms with Gasteiger partial charge in [-0.15, -0.1) is 16.4 Å². The van der Waals surface area contributed by atoms with E-state index in [2.05, 4.69) is 15.4 Å². The van der Waals surface area contributed by atoms with Crippen LogP contribution in [0.3, 0.4) is 0 Å². The number of carbonyl (C=O) groups is 1. The first-order chi connectivity index (χ1) is 13.5. The van der Waals surface area contributed by atoms with E-state index < -0.39 is 17.5 Å². The normalized spacial score (nSPS) is 11.1. The van der Waals surface area contributed by atoms with Crippen LogP contribution in [-0.2, 0) is 6.42 Å². The van der Waals surface area contributed by atoms with E-state index in [9.17, 15) is 18.0 Å². The monoisotopic (exact) mass is 402 g/mol. The number of aromatic nitrogens is 3. The van der Waals surface area contributed by atoms with Crippen LogP contribution in [0.4, 0.5) is 13.2 Å². The summed E-state index contributed by atoms with van der Waals surface area (Å²) in [6.07, 6.45) is 0.460. The molecular weight excluding hydrogens is 389 g/mol. The second kappa shape index (κ2) is 7.43. The number of hydrogen-bond donors (Lipinski definition) is 1. The number of nitrogens with one attached hydrogen (secondary N) is 1. The molecule has 0 atom stereocenters. The van der Waals surface area contributed by atoms with Crippen LogP contribution in [-0.4, -0.2) is 27.0 Å². The van der Waals surface area contributed by atoms with Crippen molar-refractivity contribution >= 4 is 22.2 Å². The van der Waals surface area contributed by atoms with Gasteiger partial charge in [-0.05, 0) is 30.3 Å². The molecule has 0 bridgehead atoms. The van der Waals surface area contributed by atoms with Crippen LogP contribution in [0, 0.1) is 17.5 Å². The summed E-state index contributed by atoms with van der Waals surface area (Å²) < 4.78 is 41.2. The predicted octanol–water partition coefficient (Wildman–Crippen LogP) is 3.85. The van der Waals surface area contributed by atoms with Gasteiger partial charge in [-0.25, -0.2) is 17.7 Å². The molecule has 0 saturated carbocycles. The molecule has 28 heavy (non-hydrogen) atoms. The molecule has 0 unspecified atom stereocenters. The van der Waals surface area contributed by atoms with Gasteiger partial charge in [0.1, 0.15) is 5.82 Å². The minimum Gasteiger partial charge on any atom is -0.352 e. The highest BCUT2D eigenvalue weighted by atomic mass is 32.1. The summed E-state index contributed by atoms with van der Waals surface area (Å²) in [6, 6.07) is 9.02. The quantitative estimate of drug-likeness (QED) is 0.552. The molecule has 0 fully saturated rings. The highest BCUT2D eigenvalue weighted by Gasteiger charge is 2.13. The van der Waals surface area contributed by atoms with E-state index in [4.69, 9.17) is 0 Å². The summed E-state index contributed by atoms with van der Waals surface area (Å²) in [5.41, 5.74) is 1.44. The van der Waals surface area contributed by atoms with Gasteiger partial charge in [0.2, 0.25) is 4.96 Å². The molecule has 0 aliphatic rings. The van der Waals surface area contributed by atoms with Crippen molar-refractivity contribution in [3.63, 3.8) is 0 Å². The largest absolute Gasteiger partial charge is 0.352 e. The summed E-state index contributed by atoms with van der Waals surface area (Å²) in [4.78, 5) is 17.1. The van der Waals surface area contributed by atoms with Crippen molar-refractivity contribution in [2.45, 2.75) is 6.42 Å². The van der Waals surface area contributed by atoms with Crippen molar-refractivity contribution in [3.8, 4) is 11.4 Å². The van der Waals surface area contributed by atoms with Gasteiger partial charge in [0.15, 0.2) is 17.5 Å².